The van der Waals surface area contributed by atoms with E-state index in [2.05, 4.69) is 52.3 Å². The molecule has 1 heterocycles. The second-order valence-electron chi connectivity index (χ2n) is 3.99. The number of anilines is 3. The molecule has 0 aliphatic heterocycles. The molecule has 0 aliphatic carbocycles. The predicted molar refractivity (Wildman–Crippen MR) is 73.7 cm³/mol. The largest absolute Gasteiger partial charge is 0.325 e. The summed E-state index contributed by atoms with van der Waals surface area (Å²) in [5, 5.41) is 0. The fraction of sp³-hybridized carbons (Fsp3) is 0.231. The third-order valence-corrected chi connectivity index (χ3v) is 2.68. The average Bonchev–Trinajstić information content (AvgIpc) is 2.40. The SMILES string of the molecule is CCN(c1cccc(C)c1)c1cncc(NN)n1. The third-order valence-electron chi connectivity index (χ3n) is 2.68. The van der Waals surface area contributed by atoms with Crippen molar-refractivity contribution in [3.05, 3.63) is 42.2 Å². The van der Waals surface area contributed by atoms with Gasteiger partial charge in [0.2, 0.25) is 0 Å². The first-order valence-corrected chi connectivity index (χ1v) is 5.87. The smallest absolute Gasteiger partial charge is 0.160 e. The number of hydrogen-bond acceptors (Lipinski definition) is 5. The number of aromatic nitrogens is 2. The van der Waals surface area contributed by atoms with E-state index in [4.69, 9.17) is 5.84 Å². The molecule has 2 aromatic rings. The molecule has 18 heavy (non-hydrogen) atoms. The zero-order valence-electron chi connectivity index (χ0n) is 10.6. The quantitative estimate of drug-likeness (QED) is 0.636. The van der Waals surface area contributed by atoms with Crippen molar-refractivity contribution in [3.63, 3.8) is 0 Å². The lowest BCUT2D eigenvalue weighted by atomic mass is 10.2. The van der Waals surface area contributed by atoms with Gasteiger partial charge in [-0.25, -0.2) is 10.8 Å². The number of benzene rings is 1. The number of rotatable bonds is 4. The summed E-state index contributed by atoms with van der Waals surface area (Å²) >= 11 is 0. The van der Waals surface area contributed by atoms with Crippen molar-refractivity contribution >= 4 is 17.3 Å². The maximum atomic E-state index is 5.35. The van der Waals surface area contributed by atoms with Crippen molar-refractivity contribution in [2.75, 3.05) is 16.9 Å². The van der Waals surface area contributed by atoms with Gasteiger partial charge in [0, 0.05) is 12.2 Å². The molecule has 0 fully saturated rings. The molecular formula is C13H17N5. The maximum Gasteiger partial charge on any atom is 0.160 e. The molecular weight excluding hydrogens is 226 g/mol. The Kier molecular flexibility index (Phi) is 3.74. The van der Waals surface area contributed by atoms with Gasteiger partial charge in [-0.15, -0.1) is 0 Å². The van der Waals surface area contributed by atoms with E-state index in [0.717, 1.165) is 18.1 Å². The van der Waals surface area contributed by atoms with Crippen molar-refractivity contribution in [2.45, 2.75) is 13.8 Å². The summed E-state index contributed by atoms with van der Waals surface area (Å²) in [5.74, 6) is 6.68. The number of nitrogens with zero attached hydrogens (tertiary/aromatic N) is 3. The second-order valence-corrected chi connectivity index (χ2v) is 3.99. The van der Waals surface area contributed by atoms with Gasteiger partial charge in [0.1, 0.15) is 0 Å². The number of nitrogens with two attached hydrogens (primary N) is 1. The Morgan fingerprint density at radius 2 is 2.17 bits per heavy atom. The van der Waals surface area contributed by atoms with Crippen molar-refractivity contribution < 1.29 is 0 Å². The molecule has 0 saturated heterocycles. The fourth-order valence-electron chi connectivity index (χ4n) is 1.83. The molecule has 0 amide bonds. The monoisotopic (exact) mass is 243 g/mol. The van der Waals surface area contributed by atoms with Crippen LogP contribution in [0.1, 0.15) is 12.5 Å². The Morgan fingerprint density at radius 3 is 2.83 bits per heavy atom. The van der Waals surface area contributed by atoms with Gasteiger partial charge >= 0.3 is 0 Å². The van der Waals surface area contributed by atoms with E-state index in [1.807, 2.05) is 6.07 Å². The number of nitrogen functional groups attached to an aromatic ring is 1. The van der Waals surface area contributed by atoms with E-state index in [9.17, 15) is 0 Å². The van der Waals surface area contributed by atoms with Crippen LogP contribution in [0.4, 0.5) is 17.3 Å². The van der Waals surface area contributed by atoms with Gasteiger partial charge in [0.25, 0.3) is 0 Å². The predicted octanol–water partition coefficient (Wildman–Crippen LogP) is 2.23. The first-order valence-electron chi connectivity index (χ1n) is 5.87. The van der Waals surface area contributed by atoms with Gasteiger partial charge in [0.15, 0.2) is 11.6 Å². The highest BCUT2D eigenvalue weighted by atomic mass is 15.3. The number of hydrogen-bond donors (Lipinski definition) is 2. The van der Waals surface area contributed by atoms with Crippen LogP contribution in [0.25, 0.3) is 0 Å². The molecule has 0 spiro atoms. The van der Waals surface area contributed by atoms with E-state index in [1.165, 1.54) is 5.56 Å². The number of aryl methyl sites for hydroxylation is 1. The first kappa shape index (κ1) is 12.3. The van der Waals surface area contributed by atoms with Crippen molar-refractivity contribution in [1.29, 1.82) is 0 Å². The van der Waals surface area contributed by atoms with Gasteiger partial charge in [-0.3, -0.25) is 4.98 Å². The van der Waals surface area contributed by atoms with Gasteiger partial charge in [0.05, 0.1) is 12.4 Å². The fourth-order valence-corrected chi connectivity index (χ4v) is 1.83. The van der Waals surface area contributed by atoms with E-state index in [0.29, 0.717) is 5.82 Å². The summed E-state index contributed by atoms with van der Waals surface area (Å²) in [6.45, 7) is 4.96. The zero-order chi connectivity index (χ0) is 13.0. The lowest BCUT2D eigenvalue weighted by Gasteiger charge is -2.22. The van der Waals surface area contributed by atoms with Crippen LogP contribution in [-0.4, -0.2) is 16.5 Å². The Balaban J connectivity index is 2.38. The van der Waals surface area contributed by atoms with E-state index in [-0.39, 0.29) is 0 Å². The van der Waals surface area contributed by atoms with Gasteiger partial charge in [-0.05, 0) is 31.5 Å². The van der Waals surface area contributed by atoms with Crippen LogP contribution in [0, 0.1) is 6.92 Å². The van der Waals surface area contributed by atoms with E-state index in [1.54, 1.807) is 12.4 Å². The molecule has 0 saturated carbocycles. The Bertz CT molecular complexity index is 526. The molecule has 5 nitrogen and oxygen atoms in total. The van der Waals surface area contributed by atoms with Crippen molar-refractivity contribution in [3.8, 4) is 0 Å². The third kappa shape index (κ3) is 2.57. The van der Waals surface area contributed by atoms with Crippen LogP contribution in [-0.2, 0) is 0 Å². The highest BCUT2D eigenvalue weighted by Gasteiger charge is 2.09. The van der Waals surface area contributed by atoms with Crippen LogP contribution in [0.2, 0.25) is 0 Å². The van der Waals surface area contributed by atoms with Crippen LogP contribution in [0.15, 0.2) is 36.7 Å². The summed E-state index contributed by atoms with van der Waals surface area (Å²) in [7, 11) is 0. The van der Waals surface area contributed by atoms with Gasteiger partial charge in [-0.1, -0.05) is 12.1 Å². The molecule has 0 aliphatic rings. The highest BCUT2D eigenvalue weighted by Crippen LogP contribution is 2.24. The minimum absolute atomic E-state index is 0.554. The lowest BCUT2D eigenvalue weighted by molar-refractivity contribution is 0.973. The van der Waals surface area contributed by atoms with E-state index >= 15 is 0 Å². The summed E-state index contributed by atoms with van der Waals surface area (Å²) in [6, 6.07) is 8.28. The zero-order valence-corrected chi connectivity index (χ0v) is 10.6. The van der Waals surface area contributed by atoms with E-state index < -0.39 is 0 Å². The van der Waals surface area contributed by atoms with Crippen molar-refractivity contribution in [1.82, 2.24) is 9.97 Å². The maximum absolute atomic E-state index is 5.35. The highest BCUT2D eigenvalue weighted by molar-refractivity contribution is 5.61. The van der Waals surface area contributed by atoms with Gasteiger partial charge < -0.3 is 10.3 Å². The lowest BCUT2D eigenvalue weighted by Crippen LogP contribution is -2.19. The van der Waals surface area contributed by atoms with Crippen LogP contribution < -0.4 is 16.2 Å². The summed E-state index contributed by atoms with van der Waals surface area (Å²) in [5.41, 5.74) is 4.82. The molecule has 5 heteroatoms. The topological polar surface area (TPSA) is 67.1 Å². The molecule has 3 N–H and O–H groups in total. The molecule has 0 radical (unpaired) electrons. The molecule has 0 atom stereocenters. The number of hydrazine groups is 1. The molecule has 1 aromatic heterocycles. The standard InChI is InChI=1S/C13H17N5/c1-3-18(11-6-4-5-10(2)7-11)13-9-15-8-12(16-13)17-14/h4-9H,3,14H2,1-2H3,(H,16,17). The average molecular weight is 243 g/mol. The molecule has 2 rings (SSSR count). The van der Waals surface area contributed by atoms with Gasteiger partial charge in [-0.2, -0.15) is 0 Å². The second kappa shape index (κ2) is 5.46. The molecule has 0 unspecified atom stereocenters. The van der Waals surface area contributed by atoms with Crippen molar-refractivity contribution in [2.24, 2.45) is 5.84 Å². The Morgan fingerprint density at radius 1 is 1.33 bits per heavy atom. The molecule has 94 valence electrons. The van der Waals surface area contributed by atoms with Crippen LogP contribution >= 0.6 is 0 Å². The molecule has 1 aromatic carbocycles. The summed E-state index contributed by atoms with van der Waals surface area (Å²) < 4.78 is 0. The van der Waals surface area contributed by atoms with Crippen LogP contribution in [0.5, 0.6) is 0 Å². The summed E-state index contributed by atoms with van der Waals surface area (Å²) in [6.07, 6.45) is 3.32. The van der Waals surface area contributed by atoms with Crippen LogP contribution in [0.3, 0.4) is 0 Å². The minimum atomic E-state index is 0.554. The molecule has 0 bridgehead atoms. The number of nitrogens with one attached hydrogen (secondary N) is 1. The Labute approximate surface area is 107 Å². The summed E-state index contributed by atoms with van der Waals surface area (Å²) in [4.78, 5) is 10.6. The Hall–Kier alpha value is -2.14. The first-order chi connectivity index (χ1) is 8.74. The minimum Gasteiger partial charge on any atom is -0.325 e. The normalized spacial score (nSPS) is 10.2.